The molecule has 5 nitrogen and oxygen atoms in total. The number of rotatable bonds is 1. The zero-order valence-electron chi connectivity index (χ0n) is 4.57. The van der Waals surface area contributed by atoms with Gasteiger partial charge in [-0.1, -0.05) is 6.58 Å². The van der Waals surface area contributed by atoms with Crippen LogP contribution in [0.15, 0.2) is 12.7 Å². The van der Waals surface area contributed by atoms with Crippen LogP contribution in [0, 0.1) is 0 Å². The lowest BCUT2D eigenvalue weighted by atomic mass is 10.6. The van der Waals surface area contributed by atoms with Gasteiger partial charge in [0.25, 0.3) is 0 Å². The lowest BCUT2D eigenvalue weighted by molar-refractivity contribution is -0.113. The molecule has 0 spiro atoms. The second-order valence-electron chi connectivity index (χ2n) is 0.889. The Bertz CT molecular complexity index is 119. The quantitative estimate of drug-likeness (QED) is 0.333. The molecule has 9 heavy (non-hydrogen) atoms. The highest BCUT2D eigenvalue weighted by molar-refractivity contribution is 7.30. The number of carbonyl (C=O) groups excluding carboxylic acids is 1. The van der Waals surface area contributed by atoms with Gasteiger partial charge in [-0.25, -0.2) is 0 Å². The summed E-state index contributed by atoms with van der Waals surface area (Å²) in [6, 6.07) is 0. The summed E-state index contributed by atoms with van der Waals surface area (Å²) in [5, 5.41) is 0. The summed E-state index contributed by atoms with van der Waals surface area (Å²) < 4.78 is 8.74. The number of hydrogen-bond donors (Lipinski definition) is 3. The van der Waals surface area contributed by atoms with Gasteiger partial charge in [0.1, 0.15) is 0 Å². The highest BCUT2D eigenvalue weighted by atomic mass is 31.1. The summed E-state index contributed by atoms with van der Waals surface area (Å²) in [6.07, 6.45) is 1.06. The Morgan fingerprint density at radius 1 is 1.67 bits per heavy atom. The van der Waals surface area contributed by atoms with E-state index in [-0.39, 0.29) is 0 Å². The minimum Gasteiger partial charge on any atom is -0.366 e. The third-order valence-electron chi connectivity index (χ3n) is 0.201. The van der Waals surface area contributed by atoms with Crippen LogP contribution in [0.4, 0.5) is 0 Å². The number of primary amides is 1. The standard InChI is InChI=1S/C3H5NO.H3O3P/c1-2-3(4)5;1-4(2)3/h2H,1H2,(H2,4,5);4H,(H2,1,2,3). The first-order chi connectivity index (χ1) is 4.00. The molecule has 0 aromatic rings. The van der Waals surface area contributed by atoms with Crippen LogP contribution in [0.2, 0.25) is 0 Å². The molecule has 0 aliphatic rings. The number of nitrogens with two attached hydrogens (primary N) is 1. The van der Waals surface area contributed by atoms with Gasteiger partial charge in [0, 0.05) is 0 Å². The Balaban J connectivity index is 0. The van der Waals surface area contributed by atoms with Crippen molar-refractivity contribution in [1.29, 1.82) is 0 Å². The summed E-state index contributed by atoms with van der Waals surface area (Å²) in [6.45, 7) is 3.09. The summed E-state index contributed by atoms with van der Waals surface area (Å²) in [5.41, 5.74) is 4.53. The van der Waals surface area contributed by atoms with E-state index in [0.29, 0.717) is 0 Å². The molecule has 4 N–H and O–H groups in total. The molecule has 0 aliphatic heterocycles. The third kappa shape index (κ3) is 114. The fourth-order valence-electron chi connectivity index (χ4n) is 0. The predicted molar refractivity (Wildman–Crippen MR) is 32.8 cm³/mol. The molecule has 0 unspecified atom stereocenters. The summed E-state index contributed by atoms with van der Waals surface area (Å²) >= 11 is 0. The average Bonchev–Trinajstić information content (AvgIpc) is 1.65. The molecule has 0 atom stereocenters. The van der Waals surface area contributed by atoms with Crippen molar-refractivity contribution in [2.24, 2.45) is 5.73 Å². The fraction of sp³-hybridized carbons (Fsp3) is 0. The van der Waals surface area contributed by atoms with Crippen LogP contribution < -0.4 is 5.73 Å². The maximum absolute atomic E-state index is 9.47. The lowest BCUT2D eigenvalue weighted by Crippen LogP contribution is -2.04. The molecule has 54 valence electrons. The Labute approximate surface area is 52.8 Å². The molecule has 0 aliphatic carbocycles. The maximum atomic E-state index is 9.47. The number of carbonyl (C=O) groups is 1. The first-order valence-electron chi connectivity index (χ1n) is 1.84. The zero-order chi connectivity index (χ0) is 7.86. The smallest absolute Gasteiger partial charge is 0.314 e. The van der Waals surface area contributed by atoms with E-state index in [2.05, 4.69) is 12.3 Å². The normalized spacial score (nSPS) is 7.44. The van der Waals surface area contributed by atoms with Crippen LogP contribution in [0.25, 0.3) is 0 Å². The molecular formula is C3H8NO4P. The SMILES string of the molecule is C=CC(N)=O.O=[PH](O)O. The van der Waals surface area contributed by atoms with Gasteiger partial charge in [-0.05, 0) is 6.08 Å². The van der Waals surface area contributed by atoms with Crippen molar-refractivity contribution < 1.29 is 19.1 Å². The van der Waals surface area contributed by atoms with E-state index in [9.17, 15) is 4.79 Å². The zero-order valence-corrected chi connectivity index (χ0v) is 5.57. The van der Waals surface area contributed by atoms with Crippen molar-refractivity contribution in [1.82, 2.24) is 0 Å². The highest BCUT2D eigenvalue weighted by Gasteiger charge is 1.69. The average molecular weight is 153 g/mol. The molecule has 0 rings (SSSR count). The first-order valence-corrected chi connectivity index (χ1v) is 3.14. The van der Waals surface area contributed by atoms with Gasteiger partial charge in [-0.15, -0.1) is 0 Å². The van der Waals surface area contributed by atoms with Crippen LogP contribution in [-0.2, 0) is 9.36 Å². The summed E-state index contributed by atoms with van der Waals surface area (Å²) in [7, 11) is -3.13. The van der Waals surface area contributed by atoms with Gasteiger partial charge in [-0.3, -0.25) is 9.36 Å². The van der Waals surface area contributed by atoms with Crippen molar-refractivity contribution >= 4 is 14.2 Å². The van der Waals surface area contributed by atoms with E-state index >= 15 is 0 Å². The summed E-state index contributed by atoms with van der Waals surface area (Å²) in [4.78, 5) is 23.8. The Hall–Kier alpha value is -0.640. The Morgan fingerprint density at radius 2 is 1.78 bits per heavy atom. The van der Waals surface area contributed by atoms with Crippen molar-refractivity contribution in [3.05, 3.63) is 12.7 Å². The molecule has 1 amide bonds. The molecule has 0 aromatic carbocycles. The molecule has 0 fully saturated rings. The van der Waals surface area contributed by atoms with Gasteiger partial charge < -0.3 is 15.5 Å². The lowest BCUT2D eigenvalue weighted by Gasteiger charge is -1.65. The van der Waals surface area contributed by atoms with Crippen molar-refractivity contribution in [3.63, 3.8) is 0 Å². The van der Waals surface area contributed by atoms with Gasteiger partial charge in [0.2, 0.25) is 5.91 Å². The van der Waals surface area contributed by atoms with E-state index in [1.807, 2.05) is 0 Å². The molecule has 0 saturated heterocycles. The van der Waals surface area contributed by atoms with Gasteiger partial charge in [0.15, 0.2) is 0 Å². The minimum atomic E-state index is -3.13. The molecule has 0 bridgehead atoms. The fourth-order valence-corrected chi connectivity index (χ4v) is 0. The summed E-state index contributed by atoms with van der Waals surface area (Å²) in [5.74, 6) is -0.481. The molecule has 0 heterocycles. The minimum absolute atomic E-state index is 0.481. The van der Waals surface area contributed by atoms with E-state index in [1.165, 1.54) is 0 Å². The van der Waals surface area contributed by atoms with Gasteiger partial charge in [0.05, 0.1) is 0 Å². The van der Waals surface area contributed by atoms with Crippen LogP contribution in [0.1, 0.15) is 0 Å². The van der Waals surface area contributed by atoms with Crippen LogP contribution in [-0.4, -0.2) is 15.7 Å². The van der Waals surface area contributed by atoms with Crippen LogP contribution in [0.3, 0.4) is 0 Å². The van der Waals surface area contributed by atoms with Gasteiger partial charge in [-0.2, -0.15) is 0 Å². The Kier molecular flexibility index (Phi) is 9.16. The van der Waals surface area contributed by atoms with Crippen molar-refractivity contribution in [2.45, 2.75) is 0 Å². The van der Waals surface area contributed by atoms with Crippen molar-refractivity contribution in [3.8, 4) is 0 Å². The second-order valence-corrected chi connectivity index (χ2v) is 1.45. The van der Waals surface area contributed by atoms with E-state index < -0.39 is 14.2 Å². The molecule has 0 aromatic heterocycles. The van der Waals surface area contributed by atoms with Crippen molar-refractivity contribution in [2.75, 3.05) is 0 Å². The van der Waals surface area contributed by atoms with E-state index in [4.69, 9.17) is 14.4 Å². The molecular weight excluding hydrogens is 145 g/mol. The number of hydrogen-bond acceptors (Lipinski definition) is 2. The number of amides is 1. The first kappa shape index (κ1) is 11.2. The topological polar surface area (TPSA) is 101 Å². The van der Waals surface area contributed by atoms with Crippen LogP contribution >= 0.6 is 8.25 Å². The maximum Gasteiger partial charge on any atom is 0.314 e. The monoisotopic (exact) mass is 153 g/mol. The molecule has 0 saturated carbocycles. The van der Waals surface area contributed by atoms with Crippen LogP contribution in [0.5, 0.6) is 0 Å². The van der Waals surface area contributed by atoms with E-state index in [1.54, 1.807) is 0 Å². The van der Waals surface area contributed by atoms with Gasteiger partial charge >= 0.3 is 8.25 Å². The molecule has 0 radical (unpaired) electrons. The Morgan fingerprint density at radius 3 is 1.78 bits per heavy atom. The predicted octanol–water partition coefficient (Wildman–Crippen LogP) is -0.982. The largest absolute Gasteiger partial charge is 0.366 e. The third-order valence-corrected chi connectivity index (χ3v) is 0.201. The molecule has 6 heteroatoms. The highest BCUT2D eigenvalue weighted by Crippen LogP contribution is 1.98. The second kappa shape index (κ2) is 7.36. The van der Waals surface area contributed by atoms with E-state index in [0.717, 1.165) is 6.08 Å².